The van der Waals surface area contributed by atoms with Crippen LogP contribution < -0.4 is 0 Å². The van der Waals surface area contributed by atoms with Gasteiger partial charge in [-0.3, -0.25) is 0 Å². The van der Waals surface area contributed by atoms with Gasteiger partial charge in [0.15, 0.2) is 0 Å². The van der Waals surface area contributed by atoms with E-state index in [1.165, 1.54) is 42.5 Å². The Hall–Kier alpha value is -1.03. The van der Waals surface area contributed by atoms with Crippen molar-refractivity contribution in [3.05, 3.63) is 46.5 Å². The zero-order chi connectivity index (χ0) is 19.5. The first-order chi connectivity index (χ1) is 12.1. The van der Waals surface area contributed by atoms with Crippen molar-refractivity contribution in [3.63, 3.8) is 0 Å². The zero-order valence-electron chi connectivity index (χ0n) is 13.4. The van der Waals surface area contributed by atoms with Crippen LogP contribution in [0, 0.1) is 5.92 Å². The fourth-order valence-electron chi connectivity index (χ4n) is 2.35. The Balaban J connectivity index is 2.33. The van der Waals surface area contributed by atoms with E-state index in [9.17, 15) is 22.7 Å². The molecule has 0 aliphatic rings. The van der Waals surface area contributed by atoms with Crippen LogP contribution in [-0.4, -0.2) is 37.3 Å². The Morgan fingerprint density at radius 3 is 2.54 bits per heavy atom. The lowest BCUT2D eigenvalue weighted by Crippen LogP contribution is -2.40. The molecule has 0 bridgehead atoms. The highest BCUT2D eigenvalue weighted by molar-refractivity contribution is 8.00. The van der Waals surface area contributed by atoms with Crippen LogP contribution in [-0.2, 0) is 12.1 Å². The number of benzene rings is 1. The molecule has 0 spiro atoms. The molecule has 0 fully saturated rings. The van der Waals surface area contributed by atoms with Crippen LogP contribution in [0.1, 0.15) is 12.5 Å². The molecule has 2 unspecified atom stereocenters. The molecule has 1 heterocycles. The van der Waals surface area contributed by atoms with Crippen LogP contribution in [0.3, 0.4) is 0 Å². The summed E-state index contributed by atoms with van der Waals surface area (Å²) in [6, 6.07) is 4.36. The first-order valence-corrected chi connectivity index (χ1v) is 9.10. The van der Waals surface area contributed by atoms with Gasteiger partial charge in [-0.25, -0.2) is 18.4 Å². The highest BCUT2D eigenvalue weighted by atomic mass is 35.5. The summed E-state index contributed by atoms with van der Waals surface area (Å²) in [5, 5.41) is 11.4. The molecule has 1 aromatic heterocycles. The average molecular weight is 432 g/mol. The Bertz CT molecular complexity index is 736. The molecule has 0 saturated carbocycles. The van der Waals surface area contributed by atoms with Crippen LogP contribution in [0.25, 0.3) is 0 Å². The van der Waals surface area contributed by atoms with Crippen LogP contribution in [0.15, 0.2) is 30.9 Å². The van der Waals surface area contributed by atoms with Gasteiger partial charge in [0.1, 0.15) is 18.3 Å². The van der Waals surface area contributed by atoms with E-state index < -0.39 is 29.0 Å². The third-order valence-electron chi connectivity index (χ3n) is 3.86. The fraction of sp³-hybridized carbons (Fsp3) is 0.467. The van der Waals surface area contributed by atoms with E-state index in [2.05, 4.69) is 10.1 Å². The largest absolute Gasteiger partial charge is 0.383 e. The molecule has 2 atom stereocenters. The van der Waals surface area contributed by atoms with E-state index in [4.69, 9.17) is 23.2 Å². The highest BCUT2D eigenvalue weighted by Gasteiger charge is 2.45. The van der Waals surface area contributed by atoms with Gasteiger partial charge in [-0.1, -0.05) is 48.0 Å². The van der Waals surface area contributed by atoms with Crippen molar-refractivity contribution in [2.75, 3.05) is 5.75 Å². The Morgan fingerprint density at radius 1 is 1.31 bits per heavy atom. The maximum Gasteiger partial charge on any atom is 0.353 e. The number of alkyl halides is 4. The quantitative estimate of drug-likeness (QED) is 0.615. The maximum absolute atomic E-state index is 13.3. The molecule has 1 aromatic carbocycles. The third kappa shape index (κ3) is 4.82. The second-order valence-corrected chi connectivity index (χ2v) is 7.73. The number of thioether (sulfide) groups is 1. The summed E-state index contributed by atoms with van der Waals surface area (Å²) in [7, 11) is 0. The molecule has 2 aromatic rings. The number of hydrogen-bond donors (Lipinski definition) is 1. The molecule has 0 aliphatic carbocycles. The molecule has 26 heavy (non-hydrogen) atoms. The van der Waals surface area contributed by atoms with Gasteiger partial charge in [0.25, 0.3) is 0 Å². The molecule has 4 nitrogen and oxygen atoms in total. The monoisotopic (exact) mass is 431 g/mol. The second-order valence-electron chi connectivity index (χ2n) is 5.72. The van der Waals surface area contributed by atoms with Gasteiger partial charge < -0.3 is 5.11 Å². The van der Waals surface area contributed by atoms with Gasteiger partial charge >= 0.3 is 11.7 Å². The number of aliphatic hydroxyl groups is 1. The Morgan fingerprint density at radius 2 is 2.00 bits per heavy atom. The number of hydrogen-bond acceptors (Lipinski definition) is 4. The number of halogens is 6. The van der Waals surface area contributed by atoms with E-state index in [0.29, 0.717) is 5.02 Å². The van der Waals surface area contributed by atoms with E-state index in [1.54, 1.807) is 0 Å². The summed E-state index contributed by atoms with van der Waals surface area (Å²) in [4.78, 5) is 3.77. The predicted octanol–water partition coefficient (Wildman–Crippen LogP) is 4.70. The van der Waals surface area contributed by atoms with Crippen molar-refractivity contribution in [2.45, 2.75) is 30.7 Å². The summed E-state index contributed by atoms with van der Waals surface area (Å²) in [5.41, 5.74) is -1.53. The number of nitrogens with zero attached hydrogens (tertiary/aromatic N) is 3. The maximum atomic E-state index is 13.3. The van der Waals surface area contributed by atoms with Gasteiger partial charge in [0.2, 0.25) is 0 Å². The summed E-state index contributed by atoms with van der Waals surface area (Å²) >= 11 is 11.8. The molecule has 1 N–H and O–H groups in total. The summed E-state index contributed by atoms with van der Waals surface area (Å²) in [6.45, 7) is 1.31. The lowest BCUT2D eigenvalue weighted by molar-refractivity contribution is -0.0580. The molecule has 0 saturated heterocycles. The predicted molar refractivity (Wildman–Crippen MR) is 93.0 cm³/mol. The smallest absolute Gasteiger partial charge is 0.353 e. The summed E-state index contributed by atoms with van der Waals surface area (Å²) < 4.78 is 52.6. The van der Waals surface area contributed by atoms with Crippen LogP contribution in [0.5, 0.6) is 0 Å². The highest BCUT2D eigenvalue weighted by Crippen LogP contribution is 2.42. The van der Waals surface area contributed by atoms with Gasteiger partial charge in [-0.15, -0.1) is 0 Å². The average Bonchev–Trinajstić information content (AvgIpc) is 3.04. The van der Waals surface area contributed by atoms with Gasteiger partial charge in [-0.05, 0) is 12.1 Å². The topological polar surface area (TPSA) is 50.9 Å². The first kappa shape index (κ1) is 21.3. The Labute approximate surface area is 161 Å². The first-order valence-electron chi connectivity index (χ1n) is 7.36. The van der Waals surface area contributed by atoms with Crippen molar-refractivity contribution in [3.8, 4) is 0 Å². The minimum atomic E-state index is -4.22. The van der Waals surface area contributed by atoms with Crippen molar-refractivity contribution in [2.24, 2.45) is 5.92 Å². The Kier molecular flexibility index (Phi) is 6.81. The molecule has 11 heteroatoms. The normalized spacial score (nSPS) is 15.9. The SMILES string of the molecule is CC(CSC(F)(F)C(F)F)C(O)(Cn1cncn1)c1ccc(Cl)cc1Cl. The van der Waals surface area contributed by atoms with Gasteiger partial charge in [0.05, 0.1) is 6.54 Å². The minimum absolute atomic E-state index is 0.123. The summed E-state index contributed by atoms with van der Waals surface area (Å²) in [6.07, 6.45) is -1.22. The number of aromatic nitrogens is 3. The van der Waals surface area contributed by atoms with Gasteiger partial charge in [-0.2, -0.15) is 13.9 Å². The van der Waals surface area contributed by atoms with E-state index in [-0.39, 0.29) is 28.9 Å². The van der Waals surface area contributed by atoms with Crippen molar-refractivity contribution >= 4 is 35.0 Å². The molecule has 0 radical (unpaired) electrons. The lowest BCUT2D eigenvalue weighted by atomic mass is 9.83. The van der Waals surface area contributed by atoms with Crippen molar-refractivity contribution in [1.29, 1.82) is 0 Å². The molecule has 0 amide bonds. The van der Waals surface area contributed by atoms with Crippen molar-refractivity contribution in [1.82, 2.24) is 14.8 Å². The molecule has 2 rings (SSSR count). The number of rotatable bonds is 8. The third-order valence-corrected chi connectivity index (χ3v) is 5.64. The molecule has 0 aliphatic heterocycles. The lowest BCUT2D eigenvalue weighted by Gasteiger charge is -2.35. The molecular formula is C15H15Cl2F4N3OS. The molecule has 144 valence electrons. The van der Waals surface area contributed by atoms with Crippen molar-refractivity contribution < 1.29 is 22.7 Å². The minimum Gasteiger partial charge on any atom is -0.383 e. The fourth-order valence-corrected chi connectivity index (χ4v) is 3.79. The zero-order valence-corrected chi connectivity index (χ0v) is 15.7. The van der Waals surface area contributed by atoms with Crippen LogP contribution in [0.2, 0.25) is 10.0 Å². The van der Waals surface area contributed by atoms with Crippen LogP contribution in [0.4, 0.5) is 17.6 Å². The standard InChI is InChI=1S/C15H15Cl2F4N3OS/c1-9(5-26-15(20,21)13(18)19)14(25,6-24-8-22-7-23-24)11-3-2-10(16)4-12(11)17/h2-4,7-9,13,25H,5-6H2,1H3. The second kappa shape index (κ2) is 8.33. The summed E-state index contributed by atoms with van der Waals surface area (Å²) in [5.74, 6) is -1.32. The van der Waals surface area contributed by atoms with E-state index in [1.807, 2.05) is 0 Å². The van der Waals surface area contributed by atoms with Crippen LogP contribution >= 0.6 is 35.0 Å². The molecular weight excluding hydrogens is 417 g/mol. The van der Waals surface area contributed by atoms with E-state index in [0.717, 1.165) is 0 Å². The van der Waals surface area contributed by atoms with Gasteiger partial charge in [0, 0.05) is 27.3 Å². The van der Waals surface area contributed by atoms with E-state index >= 15 is 0 Å².